The Morgan fingerprint density at radius 1 is 1.25 bits per heavy atom. The van der Waals surface area contributed by atoms with E-state index in [2.05, 4.69) is 0 Å². The molecule has 9 heteroatoms. The molecule has 1 aromatic rings. The molecule has 0 heterocycles. The van der Waals surface area contributed by atoms with Gasteiger partial charge in [-0.1, -0.05) is 12.1 Å². The minimum atomic E-state index is -4.68. The summed E-state index contributed by atoms with van der Waals surface area (Å²) in [5.74, 6) is -1.73. The van der Waals surface area contributed by atoms with E-state index >= 15 is 0 Å². The van der Waals surface area contributed by atoms with Crippen LogP contribution in [0.2, 0.25) is 0 Å². The highest BCUT2D eigenvalue weighted by Crippen LogP contribution is 2.34. The van der Waals surface area contributed by atoms with Crippen molar-refractivity contribution >= 4 is 21.7 Å². The summed E-state index contributed by atoms with van der Waals surface area (Å²) in [5.41, 5.74) is -1.67. The Balaban J connectivity index is 2.85. The van der Waals surface area contributed by atoms with Crippen molar-refractivity contribution in [1.29, 1.82) is 0 Å². The first-order valence-electron chi connectivity index (χ1n) is 5.50. The Labute approximate surface area is 113 Å². The number of carbonyl (C=O) groups is 1. The molecule has 0 bridgehead atoms. The number of carboxylic acid groups (broad SMARTS) is 1. The van der Waals surface area contributed by atoms with Crippen LogP contribution in [0.4, 0.5) is 18.9 Å². The molecule has 1 rings (SSSR count). The average Bonchev–Trinajstić information content (AvgIpc) is 2.26. The van der Waals surface area contributed by atoms with Crippen LogP contribution in [0.5, 0.6) is 0 Å². The number of carboxylic acids is 1. The maximum absolute atomic E-state index is 12.7. The number of halogens is 3. The lowest BCUT2D eigenvalue weighted by Crippen LogP contribution is -2.20. The number of nitrogens with one attached hydrogen (secondary N) is 1. The molecule has 0 unspecified atom stereocenters. The fourth-order valence-corrected chi connectivity index (χ4v) is 2.59. The largest absolute Gasteiger partial charge is 0.481 e. The van der Waals surface area contributed by atoms with Gasteiger partial charge in [0.25, 0.3) is 0 Å². The number of alkyl halides is 3. The van der Waals surface area contributed by atoms with Crippen molar-refractivity contribution in [3.8, 4) is 0 Å². The SMILES string of the molecule is O=C(O)CCCS(=O)(=O)Nc1ccccc1C(F)(F)F. The number of benzene rings is 1. The van der Waals surface area contributed by atoms with Crippen molar-refractivity contribution in [2.75, 3.05) is 10.5 Å². The van der Waals surface area contributed by atoms with Crippen LogP contribution in [0.1, 0.15) is 18.4 Å². The topological polar surface area (TPSA) is 83.5 Å². The summed E-state index contributed by atoms with van der Waals surface area (Å²) in [6.45, 7) is 0. The minimum absolute atomic E-state index is 0.182. The van der Waals surface area contributed by atoms with Gasteiger partial charge in [-0.2, -0.15) is 13.2 Å². The first-order chi connectivity index (χ1) is 9.12. The number of aliphatic carboxylic acids is 1. The summed E-state index contributed by atoms with van der Waals surface area (Å²) >= 11 is 0. The second-order valence-corrected chi connectivity index (χ2v) is 5.80. The zero-order valence-electron chi connectivity index (χ0n) is 10.1. The highest BCUT2D eigenvalue weighted by molar-refractivity contribution is 7.92. The van der Waals surface area contributed by atoms with Crippen molar-refractivity contribution in [2.24, 2.45) is 0 Å². The Hall–Kier alpha value is -1.77. The van der Waals surface area contributed by atoms with Crippen LogP contribution in [0.15, 0.2) is 24.3 Å². The van der Waals surface area contributed by atoms with Crippen LogP contribution >= 0.6 is 0 Å². The summed E-state index contributed by atoms with van der Waals surface area (Å²) in [7, 11) is -4.03. The van der Waals surface area contributed by atoms with E-state index in [0.29, 0.717) is 0 Å². The van der Waals surface area contributed by atoms with E-state index in [-0.39, 0.29) is 12.8 Å². The second-order valence-electron chi connectivity index (χ2n) is 3.96. The molecule has 112 valence electrons. The lowest BCUT2D eigenvalue weighted by atomic mass is 10.2. The number of anilines is 1. The summed E-state index contributed by atoms with van der Waals surface area (Å²) < 4.78 is 63.0. The maximum Gasteiger partial charge on any atom is 0.418 e. The van der Waals surface area contributed by atoms with Crippen molar-refractivity contribution < 1.29 is 31.5 Å². The maximum atomic E-state index is 12.7. The average molecular weight is 311 g/mol. The number of hydrogen-bond donors (Lipinski definition) is 2. The van der Waals surface area contributed by atoms with Gasteiger partial charge in [-0.25, -0.2) is 8.42 Å². The van der Waals surface area contributed by atoms with Gasteiger partial charge >= 0.3 is 12.1 Å². The molecule has 0 fully saturated rings. The zero-order chi connectivity index (χ0) is 15.4. The van der Waals surface area contributed by atoms with Crippen molar-refractivity contribution in [3.05, 3.63) is 29.8 Å². The van der Waals surface area contributed by atoms with Gasteiger partial charge in [0.1, 0.15) is 0 Å². The van der Waals surface area contributed by atoms with E-state index < -0.39 is 39.2 Å². The second kappa shape index (κ2) is 6.12. The van der Waals surface area contributed by atoms with Crippen LogP contribution in [0.3, 0.4) is 0 Å². The van der Waals surface area contributed by atoms with Crippen molar-refractivity contribution in [1.82, 2.24) is 0 Å². The summed E-state index contributed by atoms with van der Waals surface area (Å²) in [6, 6.07) is 4.17. The van der Waals surface area contributed by atoms with E-state index in [9.17, 15) is 26.4 Å². The molecule has 5 nitrogen and oxygen atoms in total. The molecule has 0 saturated heterocycles. The van der Waals surface area contributed by atoms with Crippen molar-refractivity contribution in [3.63, 3.8) is 0 Å². The molecule has 0 aliphatic carbocycles. The van der Waals surface area contributed by atoms with Gasteiger partial charge in [-0.15, -0.1) is 0 Å². The molecule has 0 amide bonds. The van der Waals surface area contributed by atoms with E-state index in [1.165, 1.54) is 6.07 Å². The highest BCUT2D eigenvalue weighted by atomic mass is 32.2. The van der Waals surface area contributed by atoms with Gasteiger partial charge in [0.05, 0.1) is 17.0 Å². The predicted molar refractivity (Wildman–Crippen MR) is 65.7 cm³/mol. The molecule has 0 aliphatic rings. The number of sulfonamides is 1. The first kappa shape index (κ1) is 16.3. The van der Waals surface area contributed by atoms with Crippen LogP contribution < -0.4 is 4.72 Å². The Kier molecular flexibility index (Phi) is 4.98. The van der Waals surface area contributed by atoms with Gasteiger partial charge in [0.15, 0.2) is 0 Å². The summed E-state index contributed by atoms with van der Waals surface area (Å²) in [6.07, 6.45) is -5.24. The Morgan fingerprint density at radius 2 is 1.85 bits per heavy atom. The van der Waals surface area contributed by atoms with Crippen LogP contribution in [-0.4, -0.2) is 25.2 Å². The van der Waals surface area contributed by atoms with E-state index in [1.807, 2.05) is 4.72 Å². The predicted octanol–water partition coefficient (Wildman–Crippen LogP) is 2.31. The lowest BCUT2D eigenvalue weighted by molar-refractivity contribution is -0.137. The number of hydrogen-bond acceptors (Lipinski definition) is 3. The monoisotopic (exact) mass is 311 g/mol. The zero-order valence-corrected chi connectivity index (χ0v) is 11.0. The molecule has 20 heavy (non-hydrogen) atoms. The third-order valence-corrected chi connectivity index (χ3v) is 3.66. The standard InChI is InChI=1S/C11H12F3NO4S/c12-11(13,14)8-4-1-2-5-9(8)15-20(18,19)7-3-6-10(16)17/h1-2,4-5,15H,3,6-7H2,(H,16,17). The fourth-order valence-electron chi connectivity index (χ4n) is 1.45. The smallest absolute Gasteiger partial charge is 0.418 e. The summed E-state index contributed by atoms with van der Waals surface area (Å²) in [4.78, 5) is 10.3. The van der Waals surface area contributed by atoms with Gasteiger partial charge in [-0.3, -0.25) is 9.52 Å². The number of para-hydroxylation sites is 1. The minimum Gasteiger partial charge on any atom is -0.481 e. The van der Waals surface area contributed by atoms with Gasteiger partial charge < -0.3 is 5.11 Å². The summed E-state index contributed by atoms with van der Waals surface area (Å²) in [5, 5.41) is 8.39. The molecule has 0 spiro atoms. The fraction of sp³-hybridized carbons (Fsp3) is 0.364. The highest BCUT2D eigenvalue weighted by Gasteiger charge is 2.34. The third-order valence-electron chi connectivity index (χ3n) is 2.30. The van der Waals surface area contributed by atoms with Crippen LogP contribution in [0.25, 0.3) is 0 Å². The van der Waals surface area contributed by atoms with Crippen molar-refractivity contribution in [2.45, 2.75) is 19.0 Å². The molecule has 0 aliphatic heterocycles. The van der Waals surface area contributed by atoms with Gasteiger partial charge in [0, 0.05) is 6.42 Å². The Bertz CT molecular complexity index is 584. The normalized spacial score (nSPS) is 12.2. The van der Waals surface area contributed by atoms with E-state index in [1.54, 1.807) is 0 Å². The molecule has 0 radical (unpaired) electrons. The van der Waals surface area contributed by atoms with Crippen LogP contribution in [-0.2, 0) is 21.0 Å². The Morgan fingerprint density at radius 3 is 2.40 bits per heavy atom. The van der Waals surface area contributed by atoms with E-state index in [0.717, 1.165) is 18.2 Å². The number of rotatable bonds is 6. The lowest BCUT2D eigenvalue weighted by Gasteiger charge is -2.14. The first-order valence-corrected chi connectivity index (χ1v) is 7.15. The van der Waals surface area contributed by atoms with E-state index in [4.69, 9.17) is 5.11 Å². The van der Waals surface area contributed by atoms with Gasteiger partial charge in [0.2, 0.25) is 10.0 Å². The molecule has 1 aromatic carbocycles. The van der Waals surface area contributed by atoms with Gasteiger partial charge in [-0.05, 0) is 18.6 Å². The molecule has 0 saturated carbocycles. The quantitative estimate of drug-likeness (QED) is 0.844. The van der Waals surface area contributed by atoms with Crippen LogP contribution in [0, 0.1) is 0 Å². The molecular formula is C11H12F3NO4S. The molecule has 0 atom stereocenters. The molecular weight excluding hydrogens is 299 g/mol. The third kappa shape index (κ3) is 5.08. The molecule has 0 aromatic heterocycles. The molecule has 2 N–H and O–H groups in total.